The van der Waals surface area contributed by atoms with Crippen LogP contribution in [0.3, 0.4) is 0 Å². The maximum Gasteiger partial charge on any atom is 0.255 e. The minimum atomic E-state index is -1.08. The van der Waals surface area contributed by atoms with Crippen molar-refractivity contribution in [2.45, 2.75) is 51.7 Å². The molecule has 2 aliphatic heterocycles. The zero-order chi connectivity index (χ0) is 24.2. The number of aliphatic hydroxyl groups is 1. The van der Waals surface area contributed by atoms with Gasteiger partial charge < -0.3 is 30.2 Å². The topological polar surface area (TPSA) is 113 Å². The fourth-order valence-electron chi connectivity index (χ4n) is 4.73. The Labute approximate surface area is 199 Å². The number of rotatable bonds is 7. The van der Waals surface area contributed by atoms with Gasteiger partial charge in [0, 0.05) is 47.7 Å². The average molecular weight is 469 g/mol. The van der Waals surface area contributed by atoms with E-state index in [1.807, 2.05) is 41.0 Å². The van der Waals surface area contributed by atoms with Crippen LogP contribution < -0.4 is 20.3 Å². The third-order valence-electron chi connectivity index (χ3n) is 6.43. The molecule has 0 aliphatic carbocycles. The van der Waals surface area contributed by atoms with Crippen LogP contribution >= 0.6 is 0 Å². The van der Waals surface area contributed by atoms with E-state index in [1.54, 1.807) is 12.1 Å². The number of carbonyl (C=O) groups excluding carboxylic acids is 1. The molecule has 9 nitrogen and oxygen atoms in total. The van der Waals surface area contributed by atoms with Crippen LogP contribution in [-0.4, -0.2) is 41.8 Å². The number of amides is 1. The molecule has 2 heterocycles. The van der Waals surface area contributed by atoms with Crippen molar-refractivity contribution in [3.63, 3.8) is 0 Å². The van der Waals surface area contributed by atoms with Gasteiger partial charge in [-0.05, 0) is 37.5 Å². The highest BCUT2D eigenvalue weighted by Crippen LogP contribution is 2.35. The van der Waals surface area contributed by atoms with E-state index >= 15 is 0 Å². The molecular weight excluding hydrogens is 436 g/mol. The molecule has 0 bridgehead atoms. The summed E-state index contributed by atoms with van der Waals surface area (Å²) in [4.78, 5) is 16.5. The van der Waals surface area contributed by atoms with Crippen LogP contribution in [0.2, 0.25) is 0 Å². The molecule has 34 heavy (non-hydrogen) atoms. The summed E-state index contributed by atoms with van der Waals surface area (Å²) in [7, 11) is 0. The van der Waals surface area contributed by atoms with Crippen molar-refractivity contribution in [2.75, 3.05) is 22.9 Å². The van der Waals surface area contributed by atoms with Crippen LogP contribution in [0, 0.1) is 5.21 Å². The molecule has 0 aromatic heterocycles. The van der Waals surface area contributed by atoms with Crippen molar-refractivity contribution in [3.8, 4) is 0 Å². The van der Waals surface area contributed by atoms with Gasteiger partial charge in [-0.3, -0.25) is 4.79 Å². The van der Waals surface area contributed by atoms with Crippen molar-refractivity contribution < 1.29 is 25.1 Å². The molecule has 2 unspecified atom stereocenters. The van der Waals surface area contributed by atoms with Gasteiger partial charge in [0.2, 0.25) is 6.41 Å². The number of benzene rings is 2. The Morgan fingerprint density at radius 2 is 1.97 bits per heavy atom. The summed E-state index contributed by atoms with van der Waals surface area (Å²) in [6, 6.07) is 12.8. The van der Waals surface area contributed by atoms with Gasteiger partial charge in [0.15, 0.2) is 5.69 Å². The Bertz CT molecular complexity index is 1040. The second-order valence-corrected chi connectivity index (χ2v) is 8.74. The molecule has 4 rings (SSSR count). The van der Waals surface area contributed by atoms with Gasteiger partial charge in [-0.15, -0.1) is 0 Å². The zero-order valence-electron chi connectivity index (χ0n) is 19.4. The highest BCUT2D eigenvalue weighted by Gasteiger charge is 2.34. The number of allylic oxidation sites excluding steroid dienone is 1. The van der Waals surface area contributed by atoms with Gasteiger partial charge in [0.1, 0.15) is 5.69 Å². The van der Waals surface area contributed by atoms with E-state index in [0.717, 1.165) is 30.5 Å². The van der Waals surface area contributed by atoms with Gasteiger partial charge in [0.25, 0.3) is 5.91 Å². The lowest BCUT2D eigenvalue weighted by atomic mass is 9.99. The Kier molecular flexibility index (Phi) is 7.50. The van der Waals surface area contributed by atoms with Crippen LogP contribution in [0.25, 0.3) is 0 Å². The van der Waals surface area contributed by atoms with Gasteiger partial charge in [-0.1, -0.05) is 38.1 Å². The Hall–Kier alpha value is -2.95. The summed E-state index contributed by atoms with van der Waals surface area (Å²) >= 11 is 0. The van der Waals surface area contributed by atoms with E-state index in [4.69, 9.17) is 4.74 Å². The first-order valence-electron chi connectivity index (χ1n) is 11.7. The molecule has 2 aromatic carbocycles. The third-order valence-corrected chi connectivity index (χ3v) is 6.43. The second kappa shape index (κ2) is 10.5. The van der Waals surface area contributed by atoms with Crippen LogP contribution in [0.15, 0.2) is 54.7 Å². The SMILES string of the molecule is C=C(CCC)NC(=O)c1ccc(N2CCC(N3c4ccccc4COC3O)CC2)c([NH+]([O-])O)c1. The Balaban J connectivity index is 1.48. The minimum absolute atomic E-state index is 0.0654. The number of para-hydroxylation sites is 1. The number of nitrogens with zero attached hydrogens (tertiary/aromatic N) is 2. The van der Waals surface area contributed by atoms with Gasteiger partial charge in [0.05, 0.1) is 6.61 Å². The molecule has 0 saturated carbocycles. The molecule has 1 amide bonds. The lowest BCUT2D eigenvalue weighted by molar-refractivity contribution is -0.990. The van der Waals surface area contributed by atoms with Crippen molar-refractivity contribution in [3.05, 3.63) is 71.1 Å². The summed E-state index contributed by atoms with van der Waals surface area (Å²) in [5.41, 5.74) is 3.61. The number of fused-ring (bicyclic) bond motifs is 1. The molecule has 0 radical (unpaired) electrons. The fraction of sp³-hybridized carbons (Fsp3) is 0.400. The predicted molar refractivity (Wildman–Crippen MR) is 129 cm³/mol. The highest BCUT2D eigenvalue weighted by molar-refractivity contribution is 5.96. The standard InChI is InChI=1S/C25H32N4O5/c1-3-6-17(2)26-24(30)18-9-10-22(23(15-18)29(32)33)27-13-11-20(12-14-27)28-21-8-5-4-7-19(21)16-34-25(28)31/h4-5,7-10,15,20,25,29,31-32H,2-3,6,11-14,16H2,1H3,(H,26,30). The van der Waals surface area contributed by atoms with Gasteiger partial charge >= 0.3 is 0 Å². The molecule has 2 aliphatic rings. The molecule has 1 saturated heterocycles. The summed E-state index contributed by atoms with van der Waals surface area (Å²) in [5.74, 6) is -0.357. The van der Waals surface area contributed by atoms with E-state index in [1.165, 1.54) is 6.07 Å². The quantitative estimate of drug-likeness (QED) is 0.462. The normalized spacial score (nSPS) is 19.5. The van der Waals surface area contributed by atoms with Crippen LogP contribution in [0.1, 0.15) is 48.5 Å². The monoisotopic (exact) mass is 468 g/mol. The molecule has 4 N–H and O–H groups in total. The van der Waals surface area contributed by atoms with Gasteiger partial charge in [-0.2, -0.15) is 5.23 Å². The van der Waals surface area contributed by atoms with Crippen molar-refractivity contribution in [2.24, 2.45) is 0 Å². The van der Waals surface area contributed by atoms with Gasteiger partial charge in [-0.25, -0.2) is 5.21 Å². The van der Waals surface area contributed by atoms with E-state index < -0.39 is 11.6 Å². The number of quaternary nitrogens is 1. The first-order valence-corrected chi connectivity index (χ1v) is 11.7. The lowest BCUT2D eigenvalue weighted by Crippen LogP contribution is -2.99. The van der Waals surface area contributed by atoms with Crippen LogP contribution in [-0.2, 0) is 11.3 Å². The van der Waals surface area contributed by atoms with Crippen molar-refractivity contribution in [1.82, 2.24) is 5.32 Å². The van der Waals surface area contributed by atoms with E-state index in [-0.39, 0.29) is 17.6 Å². The van der Waals surface area contributed by atoms with Crippen molar-refractivity contribution in [1.29, 1.82) is 0 Å². The summed E-state index contributed by atoms with van der Waals surface area (Å²) in [6.45, 7) is 7.45. The Morgan fingerprint density at radius 3 is 2.68 bits per heavy atom. The molecule has 2 atom stereocenters. The molecule has 182 valence electrons. The number of piperidine rings is 1. The van der Waals surface area contributed by atoms with E-state index in [0.29, 0.717) is 43.1 Å². The number of nitrogens with one attached hydrogen (secondary N) is 2. The maximum atomic E-state index is 12.5. The van der Waals surface area contributed by atoms with Crippen molar-refractivity contribution >= 4 is 23.0 Å². The zero-order valence-corrected chi connectivity index (χ0v) is 19.4. The summed E-state index contributed by atoms with van der Waals surface area (Å²) in [6.07, 6.45) is 1.99. The molecule has 0 spiro atoms. The lowest BCUT2D eigenvalue weighted by Gasteiger charge is -2.44. The third kappa shape index (κ3) is 5.08. The Morgan fingerprint density at radius 1 is 1.24 bits per heavy atom. The molecular formula is C25H32N4O5. The van der Waals surface area contributed by atoms with E-state index in [2.05, 4.69) is 11.9 Å². The number of anilines is 2. The fourth-order valence-corrected chi connectivity index (χ4v) is 4.73. The maximum absolute atomic E-state index is 12.5. The second-order valence-electron chi connectivity index (χ2n) is 8.74. The average Bonchev–Trinajstić information content (AvgIpc) is 2.84. The van der Waals surface area contributed by atoms with Crippen LogP contribution in [0.5, 0.6) is 0 Å². The predicted octanol–water partition coefficient (Wildman–Crippen LogP) is 2.42. The number of carbonyl (C=O) groups is 1. The molecule has 2 aromatic rings. The number of hydrogen-bond acceptors (Lipinski definition) is 7. The summed E-state index contributed by atoms with van der Waals surface area (Å²) in [5, 5.41) is 34.0. The summed E-state index contributed by atoms with van der Waals surface area (Å²) < 4.78 is 5.56. The van der Waals surface area contributed by atoms with Crippen LogP contribution in [0.4, 0.5) is 17.1 Å². The van der Waals surface area contributed by atoms with E-state index in [9.17, 15) is 20.3 Å². The number of ether oxygens (including phenoxy) is 1. The first kappa shape index (κ1) is 24.2. The minimum Gasteiger partial charge on any atom is -0.595 e. The number of aliphatic hydroxyl groups excluding tert-OH is 1. The smallest absolute Gasteiger partial charge is 0.255 e. The molecule has 1 fully saturated rings. The largest absolute Gasteiger partial charge is 0.595 e. The number of hydrogen-bond donors (Lipinski definition) is 4. The highest BCUT2D eigenvalue weighted by atomic mass is 16.8. The molecule has 9 heteroatoms. The first-order chi connectivity index (χ1) is 16.4.